The first-order chi connectivity index (χ1) is 11.1. The van der Waals surface area contributed by atoms with Gasteiger partial charge in [-0.15, -0.1) is 0 Å². The van der Waals surface area contributed by atoms with Gasteiger partial charge in [-0.1, -0.05) is 19.1 Å². The molecule has 4 nitrogen and oxygen atoms in total. The van der Waals surface area contributed by atoms with Gasteiger partial charge in [0.05, 0.1) is 11.0 Å². The summed E-state index contributed by atoms with van der Waals surface area (Å²) in [4.78, 5) is 17.1. The summed E-state index contributed by atoms with van der Waals surface area (Å²) in [5, 5.41) is 3.00. The van der Waals surface area contributed by atoms with E-state index in [1.807, 2.05) is 47.9 Å². The van der Waals surface area contributed by atoms with E-state index in [9.17, 15) is 4.79 Å². The van der Waals surface area contributed by atoms with Crippen LogP contribution in [0.3, 0.4) is 0 Å². The third-order valence-electron chi connectivity index (χ3n) is 3.81. The molecule has 0 spiro atoms. The van der Waals surface area contributed by atoms with Crippen LogP contribution < -0.4 is 5.32 Å². The van der Waals surface area contributed by atoms with Crippen LogP contribution in [0.2, 0.25) is 0 Å². The van der Waals surface area contributed by atoms with Gasteiger partial charge in [0, 0.05) is 15.7 Å². The summed E-state index contributed by atoms with van der Waals surface area (Å²) < 4.78 is 3.15. The Morgan fingerprint density at radius 1 is 1.26 bits per heavy atom. The Morgan fingerprint density at radius 3 is 2.78 bits per heavy atom. The van der Waals surface area contributed by atoms with Crippen LogP contribution in [0.1, 0.15) is 18.3 Å². The molecule has 2 aromatic carbocycles. The van der Waals surface area contributed by atoms with Gasteiger partial charge >= 0.3 is 0 Å². The summed E-state index contributed by atoms with van der Waals surface area (Å²) >= 11 is 2.27. The number of aromatic nitrogens is 2. The normalized spacial score (nSPS) is 10.9. The highest BCUT2D eigenvalue weighted by molar-refractivity contribution is 14.1. The smallest absolute Gasteiger partial charge is 0.244 e. The van der Waals surface area contributed by atoms with Crippen LogP contribution in [0.25, 0.3) is 11.0 Å². The van der Waals surface area contributed by atoms with Crippen molar-refractivity contribution in [2.45, 2.75) is 26.8 Å². The topological polar surface area (TPSA) is 46.9 Å². The largest absolute Gasteiger partial charge is 0.324 e. The summed E-state index contributed by atoms with van der Waals surface area (Å²) in [5.41, 5.74) is 3.86. The minimum atomic E-state index is -0.0350. The van der Waals surface area contributed by atoms with Crippen molar-refractivity contribution in [3.63, 3.8) is 0 Å². The Morgan fingerprint density at radius 2 is 2.04 bits per heavy atom. The zero-order chi connectivity index (χ0) is 16.4. The van der Waals surface area contributed by atoms with Crippen molar-refractivity contribution in [1.82, 2.24) is 9.55 Å². The van der Waals surface area contributed by atoms with E-state index in [-0.39, 0.29) is 12.5 Å². The van der Waals surface area contributed by atoms with Gasteiger partial charge in [-0.05, 0) is 65.4 Å². The lowest BCUT2D eigenvalue weighted by Crippen LogP contribution is -2.20. The molecule has 0 atom stereocenters. The monoisotopic (exact) mass is 419 g/mol. The number of nitrogens with one attached hydrogen (secondary N) is 1. The highest BCUT2D eigenvalue weighted by Crippen LogP contribution is 2.19. The van der Waals surface area contributed by atoms with Crippen molar-refractivity contribution in [2.75, 3.05) is 5.32 Å². The number of nitrogens with zero attached hydrogens (tertiary/aromatic N) is 2. The van der Waals surface area contributed by atoms with Crippen molar-refractivity contribution >= 4 is 45.2 Å². The van der Waals surface area contributed by atoms with Gasteiger partial charge in [0.15, 0.2) is 0 Å². The van der Waals surface area contributed by atoms with Crippen LogP contribution in [0.15, 0.2) is 42.5 Å². The van der Waals surface area contributed by atoms with Crippen LogP contribution >= 0.6 is 22.6 Å². The van der Waals surface area contributed by atoms with E-state index >= 15 is 0 Å². The van der Waals surface area contributed by atoms with Crippen molar-refractivity contribution in [1.29, 1.82) is 0 Å². The molecule has 0 unspecified atom stereocenters. The van der Waals surface area contributed by atoms with Crippen LogP contribution in [-0.4, -0.2) is 15.5 Å². The maximum Gasteiger partial charge on any atom is 0.244 e. The van der Waals surface area contributed by atoms with Gasteiger partial charge in [0.2, 0.25) is 5.91 Å². The van der Waals surface area contributed by atoms with Crippen LogP contribution in [0, 0.1) is 10.5 Å². The van der Waals surface area contributed by atoms with Crippen molar-refractivity contribution in [2.24, 2.45) is 0 Å². The van der Waals surface area contributed by atoms with E-state index in [0.717, 1.165) is 38.1 Å². The molecule has 0 aliphatic carbocycles. The van der Waals surface area contributed by atoms with Crippen molar-refractivity contribution in [3.05, 3.63) is 57.4 Å². The molecule has 23 heavy (non-hydrogen) atoms. The van der Waals surface area contributed by atoms with E-state index < -0.39 is 0 Å². The summed E-state index contributed by atoms with van der Waals surface area (Å²) in [6, 6.07) is 13.9. The minimum Gasteiger partial charge on any atom is -0.324 e. The highest BCUT2D eigenvalue weighted by atomic mass is 127. The molecule has 0 bridgehead atoms. The first-order valence-electron chi connectivity index (χ1n) is 7.58. The van der Waals surface area contributed by atoms with Crippen molar-refractivity contribution < 1.29 is 4.79 Å². The maximum absolute atomic E-state index is 12.5. The van der Waals surface area contributed by atoms with Gasteiger partial charge in [0.1, 0.15) is 12.4 Å². The van der Waals surface area contributed by atoms with E-state index in [1.54, 1.807) is 0 Å². The zero-order valence-corrected chi connectivity index (χ0v) is 15.3. The molecule has 5 heteroatoms. The quantitative estimate of drug-likeness (QED) is 0.646. The zero-order valence-electron chi connectivity index (χ0n) is 13.1. The highest BCUT2D eigenvalue weighted by Gasteiger charge is 2.13. The average molecular weight is 419 g/mol. The number of para-hydroxylation sites is 2. The molecule has 0 aliphatic rings. The van der Waals surface area contributed by atoms with Gasteiger partial charge < -0.3 is 9.88 Å². The lowest BCUT2D eigenvalue weighted by atomic mass is 10.2. The summed E-state index contributed by atoms with van der Waals surface area (Å²) in [5.74, 6) is 0.896. The third kappa shape index (κ3) is 3.39. The predicted octanol–water partition coefficient (Wildman–Crippen LogP) is 4.15. The molecule has 0 aliphatic heterocycles. The molecule has 118 valence electrons. The molecular weight excluding hydrogens is 401 g/mol. The number of anilines is 1. The number of fused-ring (bicyclic) bond motifs is 1. The molecule has 0 saturated carbocycles. The lowest BCUT2D eigenvalue weighted by molar-refractivity contribution is -0.116. The lowest BCUT2D eigenvalue weighted by Gasteiger charge is -2.11. The Hall–Kier alpha value is -1.89. The van der Waals surface area contributed by atoms with E-state index in [1.165, 1.54) is 0 Å². The molecule has 1 N–H and O–H groups in total. The number of hydrogen-bond acceptors (Lipinski definition) is 2. The number of benzene rings is 2. The number of hydrogen-bond donors (Lipinski definition) is 1. The number of halogens is 1. The first-order valence-corrected chi connectivity index (χ1v) is 8.66. The fourth-order valence-electron chi connectivity index (χ4n) is 2.67. The van der Waals surface area contributed by atoms with Gasteiger partial charge in [-0.3, -0.25) is 4.79 Å². The van der Waals surface area contributed by atoms with Gasteiger partial charge in [-0.2, -0.15) is 0 Å². The number of imidazole rings is 1. The third-order valence-corrected chi connectivity index (χ3v) is 4.49. The molecule has 0 saturated heterocycles. The number of carbonyl (C=O) groups excluding carboxylic acids is 1. The second-order valence-electron chi connectivity index (χ2n) is 5.46. The molecule has 1 amide bonds. The molecule has 3 rings (SSSR count). The van der Waals surface area contributed by atoms with E-state index in [2.05, 4.69) is 45.9 Å². The van der Waals surface area contributed by atoms with Crippen LogP contribution in [0.4, 0.5) is 5.69 Å². The SMILES string of the molecule is CCc1nc2ccccc2n1CC(=O)Nc1ccc(I)cc1C. The Kier molecular flexibility index (Phi) is 4.66. The number of amides is 1. The Labute approximate surface area is 149 Å². The predicted molar refractivity (Wildman–Crippen MR) is 102 cm³/mol. The molecule has 1 aromatic heterocycles. The second kappa shape index (κ2) is 6.70. The molecule has 1 heterocycles. The van der Waals surface area contributed by atoms with Gasteiger partial charge in [-0.25, -0.2) is 4.98 Å². The molecule has 0 radical (unpaired) electrons. The molecular formula is C18H18IN3O. The average Bonchev–Trinajstić information content (AvgIpc) is 2.88. The first kappa shape index (κ1) is 16.0. The second-order valence-corrected chi connectivity index (χ2v) is 6.71. The van der Waals surface area contributed by atoms with E-state index in [0.29, 0.717) is 0 Å². The molecule has 3 aromatic rings. The number of rotatable bonds is 4. The Balaban J connectivity index is 1.85. The fourth-order valence-corrected chi connectivity index (χ4v) is 3.32. The fraction of sp³-hybridized carbons (Fsp3) is 0.222. The maximum atomic E-state index is 12.5. The summed E-state index contributed by atoms with van der Waals surface area (Å²) in [6.07, 6.45) is 0.796. The standard InChI is InChI=1S/C18H18IN3O/c1-3-17-20-15-6-4-5-7-16(15)22(17)11-18(23)21-14-9-8-13(19)10-12(14)2/h4-10H,3,11H2,1-2H3,(H,21,23). The van der Waals surface area contributed by atoms with Crippen LogP contribution in [-0.2, 0) is 17.8 Å². The van der Waals surface area contributed by atoms with Gasteiger partial charge in [0.25, 0.3) is 0 Å². The Bertz CT molecular complexity index is 870. The van der Waals surface area contributed by atoms with Crippen molar-refractivity contribution in [3.8, 4) is 0 Å². The van der Waals surface area contributed by atoms with E-state index in [4.69, 9.17) is 0 Å². The summed E-state index contributed by atoms with van der Waals surface area (Å²) in [6.45, 7) is 4.33. The summed E-state index contributed by atoms with van der Waals surface area (Å²) in [7, 11) is 0. The minimum absolute atomic E-state index is 0.0350. The molecule has 0 fully saturated rings. The number of aryl methyl sites for hydroxylation is 2. The van der Waals surface area contributed by atoms with Crippen LogP contribution in [0.5, 0.6) is 0 Å². The number of carbonyl (C=O) groups is 1.